The summed E-state index contributed by atoms with van der Waals surface area (Å²) in [5.41, 5.74) is -5.54. The van der Waals surface area contributed by atoms with Crippen molar-refractivity contribution in [2.75, 3.05) is 5.32 Å². The van der Waals surface area contributed by atoms with E-state index in [0.29, 0.717) is 17.8 Å². The first kappa shape index (κ1) is 22.5. The van der Waals surface area contributed by atoms with E-state index in [1.165, 1.54) is 18.6 Å². The molecule has 0 aliphatic heterocycles. The highest BCUT2D eigenvalue weighted by Gasteiger charge is 2.34. The number of nitrogens with zero attached hydrogens (tertiary/aromatic N) is 4. The molecule has 0 aliphatic rings. The lowest BCUT2D eigenvalue weighted by Gasteiger charge is -2.16. The average molecular weight is 488 g/mol. The second-order valence-electron chi connectivity index (χ2n) is 5.65. The number of rotatable bonds is 5. The Bertz CT molecular complexity index is 1020. The Kier molecular flexibility index (Phi) is 6.39. The number of aromatic nitrogens is 4. The highest BCUT2D eigenvalue weighted by Crippen LogP contribution is 2.43. The van der Waals surface area contributed by atoms with Crippen LogP contribution in [0.5, 0.6) is 0 Å². The average Bonchev–Trinajstić information content (AvgIpc) is 3.00. The molecule has 14 heteroatoms. The van der Waals surface area contributed by atoms with E-state index >= 15 is 0 Å². The molecule has 30 heavy (non-hydrogen) atoms. The number of halogens is 8. The zero-order chi connectivity index (χ0) is 22.1. The van der Waals surface area contributed by atoms with Crippen molar-refractivity contribution in [1.82, 2.24) is 19.7 Å². The summed E-state index contributed by atoms with van der Waals surface area (Å²) >= 11 is 11.5. The number of alkyl halides is 6. The van der Waals surface area contributed by atoms with Crippen LogP contribution in [0.25, 0.3) is 5.69 Å². The van der Waals surface area contributed by atoms with Gasteiger partial charge in [-0.05, 0) is 23.9 Å². The number of anilines is 1. The van der Waals surface area contributed by atoms with Gasteiger partial charge in [-0.1, -0.05) is 23.2 Å². The number of nitrogens with one attached hydrogen (secondary N) is 1. The summed E-state index contributed by atoms with van der Waals surface area (Å²) in [5, 5.41) is 5.70. The zero-order valence-corrected chi connectivity index (χ0v) is 16.7. The van der Waals surface area contributed by atoms with Crippen LogP contribution in [0.1, 0.15) is 11.3 Å². The van der Waals surface area contributed by atoms with Crippen molar-refractivity contribution < 1.29 is 26.3 Å². The van der Waals surface area contributed by atoms with E-state index in [0.717, 1.165) is 10.9 Å². The normalized spacial score (nSPS) is 12.3. The molecule has 0 saturated carbocycles. The summed E-state index contributed by atoms with van der Waals surface area (Å²) in [4.78, 5) is 7.51. The predicted molar refractivity (Wildman–Crippen MR) is 99.9 cm³/mol. The first-order valence-electron chi connectivity index (χ1n) is 7.85. The summed E-state index contributed by atoms with van der Waals surface area (Å²) in [5.74, 6) is -0.175. The Labute approximate surface area is 179 Å². The van der Waals surface area contributed by atoms with Crippen molar-refractivity contribution in [3.05, 3.63) is 58.2 Å². The summed E-state index contributed by atoms with van der Waals surface area (Å²) in [6.45, 7) is -0.0408. The van der Waals surface area contributed by atoms with Crippen molar-refractivity contribution in [2.45, 2.75) is 23.1 Å². The third kappa shape index (κ3) is 5.29. The summed E-state index contributed by atoms with van der Waals surface area (Å²) < 4.78 is 78.6. The number of benzene rings is 1. The summed E-state index contributed by atoms with van der Waals surface area (Å²) in [7, 11) is 0. The Morgan fingerprint density at radius 1 is 1.00 bits per heavy atom. The van der Waals surface area contributed by atoms with Crippen molar-refractivity contribution in [3.63, 3.8) is 0 Å². The Morgan fingerprint density at radius 3 is 2.20 bits per heavy atom. The first-order valence-corrected chi connectivity index (χ1v) is 9.42. The molecule has 3 aromatic rings. The Hall–Kier alpha value is -2.18. The zero-order valence-electron chi connectivity index (χ0n) is 14.4. The van der Waals surface area contributed by atoms with Crippen LogP contribution in [-0.2, 0) is 12.7 Å². The largest absolute Gasteiger partial charge is 0.446 e. The van der Waals surface area contributed by atoms with Crippen molar-refractivity contribution >= 4 is 40.8 Å². The molecule has 0 unspecified atom stereocenters. The highest BCUT2D eigenvalue weighted by atomic mass is 35.5. The van der Waals surface area contributed by atoms with Gasteiger partial charge in [0.15, 0.2) is 0 Å². The molecule has 2 aromatic heterocycles. The van der Waals surface area contributed by atoms with Crippen LogP contribution in [0.4, 0.5) is 32.2 Å². The Balaban J connectivity index is 2.06. The van der Waals surface area contributed by atoms with Crippen LogP contribution in [-0.4, -0.2) is 25.3 Å². The molecule has 0 amide bonds. The molecule has 0 bridgehead atoms. The number of thioether (sulfide) groups is 1. The van der Waals surface area contributed by atoms with Gasteiger partial charge in [-0.15, -0.1) is 0 Å². The number of hydrogen-bond donors (Lipinski definition) is 1. The maximum absolute atomic E-state index is 13.0. The van der Waals surface area contributed by atoms with E-state index in [9.17, 15) is 26.3 Å². The molecule has 2 heterocycles. The van der Waals surface area contributed by atoms with Gasteiger partial charge in [-0.2, -0.15) is 31.4 Å². The quantitative estimate of drug-likeness (QED) is 0.342. The van der Waals surface area contributed by atoms with E-state index in [2.05, 4.69) is 20.4 Å². The monoisotopic (exact) mass is 487 g/mol. The van der Waals surface area contributed by atoms with Gasteiger partial charge in [0, 0.05) is 12.4 Å². The minimum atomic E-state index is -4.71. The van der Waals surface area contributed by atoms with Gasteiger partial charge >= 0.3 is 11.7 Å². The SMILES string of the molecule is FC(F)(F)Sc1cnn(-c2c(Cl)cc(C(F)(F)F)cc2Cl)c1NCc1cnccn1. The van der Waals surface area contributed by atoms with Gasteiger partial charge < -0.3 is 5.32 Å². The van der Waals surface area contributed by atoms with Crippen LogP contribution in [0.3, 0.4) is 0 Å². The second kappa shape index (κ2) is 8.52. The maximum Gasteiger partial charge on any atom is 0.446 e. The molecule has 0 radical (unpaired) electrons. The molecule has 0 saturated heterocycles. The van der Waals surface area contributed by atoms with E-state index in [4.69, 9.17) is 23.2 Å². The molecule has 0 fully saturated rings. The van der Waals surface area contributed by atoms with Crippen molar-refractivity contribution in [2.24, 2.45) is 0 Å². The fourth-order valence-corrected chi connectivity index (χ4v) is 3.64. The molecule has 0 spiro atoms. The fraction of sp³-hybridized carbons (Fsp3) is 0.188. The van der Waals surface area contributed by atoms with Crippen molar-refractivity contribution in [1.29, 1.82) is 0 Å². The molecule has 3 rings (SSSR count). The van der Waals surface area contributed by atoms with Crippen LogP contribution < -0.4 is 5.32 Å². The lowest BCUT2D eigenvalue weighted by molar-refractivity contribution is -0.137. The lowest BCUT2D eigenvalue weighted by Crippen LogP contribution is -2.11. The second-order valence-corrected chi connectivity index (χ2v) is 7.57. The molecule has 5 nitrogen and oxygen atoms in total. The fourth-order valence-electron chi connectivity index (χ4n) is 2.39. The maximum atomic E-state index is 13.0. The minimum absolute atomic E-state index is 0.0408. The summed E-state index contributed by atoms with van der Waals surface area (Å²) in [6.07, 6.45) is 0.397. The standard InChI is InChI=1S/C16H9Cl2F6N5S/c17-10-3-8(15(19,20)21)4-11(18)13(10)29-14(12(7-28-29)30-16(22,23)24)27-6-9-5-25-1-2-26-9/h1-5,7,27H,6H2. The van der Waals surface area contributed by atoms with Crippen LogP contribution in [0.15, 0.2) is 41.8 Å². The van der Waals surface area contributed by atoms with Crippen LogP contribution in [0.2, 0.25) is 10.0 Å². The van der Waals surface area contributed by atoms with Crippen LogP contribution >= 0.6 is 35.0 Å². The third-order valence-electron chi connectivity index (χ3n) is 3.57. The van der Waals surface area contributed by atoms with E-state index in [-0.39, 0.29) is 22.9 Å². The minimum Gasteiger partial charge on any atom is -0.363 e. The van der Waals surface area contributed by atoms with Crippen molar-refractivity contribution in [3.8, 4) is 5.69 Å². The molecule has 1 N–H and O–H groups in total. The molecule has 0 aliphatic carbocycles. The molecular formula is C16H9Cl2F6N5S. The topological polar surface area (TPSA) is 55.6 Å². The molecular weight excluding hydrogens is 479 g/mol. The highest BCUT2D eigenvalue weighted by molar-refractivity contribution is 8.00. The van der Waals surface area contributed by atoms with E-state index in [1.54, 1.807) is 0 Å². The Morgan fingerprint density at radius 2 is 1.67 bits per heavy atom. The van der Waals surface area contributed by atoms with Gasteiger partial charge in [-0.25, -0.2) is 4.68 Å². The first-order chi connectivity index (χ1) is 14.0. The smallest absolute Gasteiger partial charge is 0.363 e. The number of hydrogen-bond acceptors (Lipinski definition) is 5. The lowest BCUT2D eigenvalue weighted by atomic mass is 10.2. The van der Waals surface area contributed by atoms with E-state index in [1.807, 2.05) is 0 Å². The molecule has 0 atom stereocenters. The van der Waals surface area contributed by atoms with Gasteiger partial charge in [0.05, 0.1) is 45.1 Å². The van der Waals surface area contributed by atoms with Gasteiger partial charge in [0.25, 0.3) is 0 Å². The van der Waals surface area contributed by atoms with Gasteiger partial charge in [0.2, 0.25) is 0 Å². The molecule has 1 aromatic carbocycles. The third-order valence-corrected chi connectivity index (χ3v) is 4.90. The predicted octanol–water partition coefficient (Wildman–Crippen LogP) is 6.21. The summed E-state index contributed by atoms with van der Waals surface area (Å²) in [6, 6.07) is 1.24. The molecule has 160 valence electrons. The van der Waals surface area contributed by atoms with Crippen LogP contribution in [0, 0.1) is 0 Å². The van der Waals surface area contributed by atoms with Gasteiger partial charge in [-0.3, -0.25) is 9.97 Å². The van der Waals surface area contributed by atoms with Gasteiger partial charge in [0.1, 0.15) is 11.5 Å². The van der Waals surface area contributed by atoms with E-state index < -0.39 is 39.1 Å².